The van der Waals surface area contributed by atoms with Gasteiger partial charge < -0.3 is 20.9 Å². The van der Waals surface area contributed by atoms with Crippen LogP contribution >= 0.6 is 0 Å². The fourth-order valence-electron chi connectivity index (χ4n) is 2.69. The van der Waals surface area contributed by atoms with Crippen molar-refractivity contribution in [1.29, 1.82) is 0 Å². The lowest BCUT2D eigenvalue weighted by molar-refractivity contribution is 0.0941. The average Bonchev–Trinajstić information content (AvgIpc) is 3.05. The van der Waals surface area contributed by atoms with Crippen molar-refractivity contribution in [3.8, 4) is 0 Å². The highest BCUT2D eigenvalue weighted by Crippen LogP contribution is 2.21. The van der Waals surface area contributed by atoms with Crippen molar-refractivity contribution < 1.29 is 9.59 Å². The van der Waals surface area contributed by atoms with Gasteiger partial charge in [-0.3, -0.25) is 4.79 Å². The van der Waals surface area contributed by atoms with Gasteiger partial charge in [0.25, 0.3) is 5.91 Å². The number of aromatic nitrogens is 2. The zero-order valence-electron chi connectivity index (χ0n) is 14.2. The van der Waals surface area contributed by atoms with E-state index in [2.05, 4.69) is 15.6 Å². The SMILES string of the molecule is Cn1ccnc1C(NC(=O)c1cccc(NC(N)=O)c1)c1ccccc1. The Kier molecular flexibility index (Phi) is 4.98. The molecule has 3 rings (SSSR count). The Morgan fingerprint density at radius 1 is 1.12 bits per heavy atom. The van der Waals surface area contributed by atoms with E-state index in [-0.39, 0.29) is 5.91 Å². The number of benzene rings is 2. The van der Waals surface area contributed by atoms with Gasteiger partial charge in [-0.1, -0.05) is 36.4 Å². The number of nitrogens with one attached hydrogen (secondary N) is 2. The van der Waals surface area contributed by atoms with Gasteiger partial charge in [0.05, 0.1) is 0 Å². The molecule has 0 aliphatic carbocycles. The topological polar surface area (TPSA) is 102 Å². The van der Waals surface area contributed by atoms with Crippen LogP contribution in [0.4, 0.5) is 10.5 Å². The first-order valence-corrected chi connectivity index (χ1v) is 8.04. The van der Waals surface area contributed by atoms with Gasteiger partial charge in [-0.25, -0.2) is 9.78 Å². The lowest BCUT2D eigenvalue weighted by Crippen LogP contribution is -2.31. The van der Waals surface area contributed by atoms with Gasteiger partial charge in [0.15, 0.2) is 0 Å². The van der Waals surface area contributed by atoms with Gasteiger partial charge in [0.1, 0.15) is 11.9 Å². The van der Waals surface area contributed by atoms with Crippen molar-refractivity contribution >= 4 is 17.6 Å². The van der Waals surface area contributed by atoms with E-state index in [9.17, 15) is 9.59 Å². The molecule has 26 heavy (non-hydrogen) atoms. The van der Waals surface area contributed by atoms with Gasteiger partial charge in [-0.2, -0.15) is 0 Å². The number of anilines is 1. The van der Waals surface area contributed by atoms with Crippen molar-refractivity contribution in [2.45, 2.75) is 6.04 Å². The molecule has 0 saturated heterocycles. The largest absolute Gasteiger partial charge is 0.351 e. The maximum absolute atomic E-state index is 12.8. The summed E-state index contributed by atoms with van der Waals surface area (Å²) in [6.45, 7) is 0. The normalized spacial score (nSPS) is 11.6. The third kappa shape index (κ3) is 3.89. The molecule has 7 nitrogen and oxygen atoms in total. The standard InChI is InChI=1S/C19H19N5O2/c1-24-11-10-21-17(24)16(13-6-3-2-4-7-13)23-18(25)14-8-5-9-15(12-14)22-19(20)26/h2-12,16H,1H3,(H,23,25)(H3,20,22,26). The predicted octanol–water partition coefficient (Wildman–Crippen LogP) is 2.43. The Morgan fingerprint density at radius 2 is 1.88 bits per heavy atom. The molecular formula is C19H19N5O2. The summed E-state index contributed by atoms with van der Waals surface area (Å²) in [4.78, 5) is 28.2. The number of urea groups is 1. The molecule has 0 fully saturated rings. The minimum absolute atomic E-state index is 0.282. The fraction of sp³-hybridized carbons (Fsp3) is 0.105. The minimum atomic E-state index is -0.683. The lowest BCUT2D eigenvalue weighted by Gasteiger charge is -2.19. The van der Waals surface area contributed by atoms with E-state index < -0.39 is 12.1 Å². The second kappa shape index (κ2) is 7.52. The van der Waals surface area contributed by atoms with Crippen LogP contribution in [-0.2, 0) is 7.05 Å². The Labute approximate surface area is 150 Å². The van der Waals surface area contributed by atoms with E-state index in [1.54, 1.807) is 30.5 Å². The van der Waals surface area contributed by atoms with Crippen LogP contribution in [-0.4, -0.2) is 21.5 Å². The Balaban J connectivity index is 1.89. The van der Waals surface area contributed by atoms with Crippen molar-refractivity contribution in [2.24, 2.45) is 12.8 Å². The van der Waals surface area contributed by atoms with Gasteiger partial charge in [0.2, 0.25) is 0 Å². The molecule has 0 aliphatic heterocycles. The monoisotopic (exact) mass is 349 g/mol. The second-order valence-electron chi connectivity index (χ2n) is 5.78. The maximum atomic E-state index is 12.8. The van der Waals surface area contributed by atoms with Crippen molar-refractivity contribution in [1.82, 2.24) is 14.9 Å². The summed E-state index contributed by atoms with van der Waals surface area (Å²) in [5.74, 6) is 0.436. The number of rotatable bonds is 5. The predicted molar refractivity (Wildman–Crippen MR) is 98.6 cm³/mol. The van der Waals surface area contributed by atoms with Crippen LogP contribution in [0.3, 0.4) is 0 Å². The summed E-state index contributed by atoms with van der Waals surface area (Å²) in [5, 5.41) is 5.47. The molecule has 1 heterocycles. The number of aryl methyl sites for hydroxylation is 1. The van der Waals surface area contributed by atoms with E-state index in [0.29, 0.717) is 11.3 Å². The van der Waals surface area contributed by atoms with Crippen LogP contribution in [0, 0.1) is 0 Å². The smallest absolute Gasteiger partial charge is 0.316 e. The van der Waals surface area contributed by atoms with Gasteiger partial charge in [-0.15, -0.1) is 0 Å². The summed E-state index contributed by atoms with van der Waals surface area (Å²) in [6, 6.07) is 15.1. The number of carbonyl (C=O) groups is 2. The highest BCUT2D eigenvalue weighted by atomic mass is 16.2. The molecule has 0 aliphatic rings. The number of carbonyl (C=O) groups excluding carboxylic acids is 2. The highest BCUT2D eigenvalue weighted by molar-refractivity contribution is 5.97. The Bertz CT molecular complexity index is 920. The Morgan fingerprint density at radius 3 is 2.54 bits per heavy atom. The molecular weight excluding hydrogens is 330 g/mol. The zero-order chi connectivity index (χ0) is 18.5. The molecule has 4 N–H and O–H groups in total. The maximum Gasteiger partial charge on any atom is 0.316 e. The molecule has 0 saturated carbocycles. The van der Waals surface area contributed by atoms with E-state index in [1.165, 1.54) is 0 Å². The van der Waals surface area contributed by atoms with Gasteiger partial charge in [0, 0.05) is 30.7 Å². The number of nitrogens with zero attached hydrogens (tertiary/aromatic N) is 2. The average molecular weight is 349 g/mol. The molecule has 1 atom stereocenters. The second-order valence-corrected chi connectivity index (χ2v) is 5.78. The first-order chi connectivity index (χ1) is 12.5. The highest BCUT2D eigenvalue weighted by Gasteiger charge is 2.21. The molecule has 1 aromatic heterocycles. The molecule has 7 heteroatoms. The number of imidazole rings is 1. The first-order valence-electron chi connectivity index (χ1n) is 8.04. The van der Waals surface area contributed by atoms with Gasteiger partial charge in [-0.05, 0) is 23.8 Å². The van der Waals surface area contributed by atoms with Gasteiger partial charge >= 0.3 is 6.03 Å². The molecule has 3 aromatic rings. The van der Waals surface area contributed by atoms with Crippen LogP contribution in [0.1, 0.15) is 27.8 Å². The third-order valence-corrected chi connectivity index (χ3v) is 3.92. The molecule has 1 unspecified atom stereocenters. The van der Waals surface area contributed by atoms with Crippen LogP contribution in [0.15, 0.2) is 67.0 Å². The van der Waals surface area contributed by atoms with E-state index >= 15 is 0 Å². The molecule has 3 amide bonds. The van der Waals surface area contributed by atoms with Crippen LogP contribution in [0.2, 0.25) is 0 Å². The molecule has 0 spiro atoms. The molecule has 132 valence electrons. The summed E-state index contributed by atoms with van der Waals surface area (Å²) in [7, 11) is 1.88. The fourth-order valence-corrected chi connectivity index (χ4v) is 2.69. The summed E-state index contributed by atoms with van der Waals surface area (Å²) in [6.07, 6.45) is 3.52. The quantitative estimate of drug-likeness (QED) is 0.659. The summed E-state index contributed by atoms with van der Waals surface area (Å²) in [5.41, 5.74) is 6.91. The van der Waals surface area contributed by atoms with E-state index in [0.717, 1.165) is 11.4 Å². The Hall–Kier alpha value is -3.61. The number of nitrogens with two attached hydrogens (primary N) is 1. The van der Waals surface area contributed by atoms with E-state index in [4.69, 9.17) is 5.73 Å². The van der Waals surface area contributed by atoms with Crippen LogP contribution < -0.4 is 16.4 Å². The summed E-state index contributed by atoms with van der Waals surface area (Å²) >= 11 is 0. The van der Waals surface area contributed by atoms with Crippen LogP contribution in [0.25, 0.3) is 0 Å². The zero-order valence-corrected chi connectivity index (χ0v) is 14.2. The number of hydrogen-bond donors (Lipinski definition) is 3. The summed E-state index contributed by atoms with van der Waals surface area (Å²) < 4.78 is 1.86. The van der Waals surface area contributed by atoms with E-state index in [1.807, 2.05) is 48.1 Å². The third-order valence-electron chi connectivity index (χ3n) is 3.92. The van der Waals surface area contributed by atoms with Crippen molar-refractivity contribution in [3.05, 3.63) is 83.9 Å². The van der Waals surface area contributed by atoms with Crippen molar-refractivity contribution in [2.75, 3.05) is 5.32 Å². The number of primary amides is 1. The lowest BCUT2D eigenvalue weighted by atomic mass is 10.1. The number of hydrogen-bond acceptors (Lipinski definition) is 3. The van der Waals surface area contributed by atoms with Crippen LogP contribution in [0.5, 0.6) is 0 Å². The molecule has 0 radical (unpaired) electrons. The van der Waals surface area contributed by atoms with Crippen molar-refractivity contribution in [3.63, 3.8) is 0 Å². The minimum Gasteiger partial charge on any atom is -0.351 e. The number of amides is 3. The first kappa shape index (κ1) is 17.2. The molecule has 0 bridgehead atoms. The molecule has 2 aromatic carbocycles.